The molecule has 0 aromatic carbocycles. The molecule has 102 valence electrons. The minimum Gasteiger partial charge on any atom is -0.312 e. The molecule has 2 rings (SSSR count). The zero-order valence-electron chi connectivity index (χ0n) is 12.1. The molecule has 0 saturated carbocycles. The molecule has 1 aromatic heterocycles. The zero-order chi connectivity index (χ0) is 13.1. The smallest absolute Gasteiger partial charge is 0.0534 e. The van der Waals surface area contributed by atoms with Crippen molar-refractivity contribution in [1.82, 2.24) is 20.0 Å². The van der Waals surface area contributed by atoms with Gasteiger partial charge in [0.15, 0.2) is 0 Å². The van der Waals surface area contributed by atoms with Crippen molar-refractivity contribution in [3.63, 3.8) is 0 Å². The number of hydrogen-bond donors (Lipinski definition) is 1. The van der Waals surface area contributed by atoms with Gasteiger partial charge in [0.1, 0.15) is 0 Å². The Morgan fingerprint density at radius 2 is 2.28 bits per heavy atom. The lowest BCUT2D eigenvalue weighted by Gasteiger charge is -2.30. The van der Waals surface area contributed by atoms with Crippen LogP contribution < -0.4 is 5.32 Å². The van der Waals surface area contributed by atoms with Crippen molar-refractivity contribution in [2.24, 2.45) is 13.0 Å². The minimum absolute atomic E-state index is 0.603. The van der Waals surface area contributed by atoms with Crippen molar-refractivity contribution < 1.29 is 0 Å². The molecule has 0 amide bonds. The normalized spacial score (nSPS) is 26.5. The van der Waals surface area contributed by atoms with Gasteiger partial charge in [0.2, 0.25) is 0 Å². The Balaban J connectivity index is 2.03. The van der Waals surface area contributed by atoms with Gasteiger partial charge >= 0.3 is 0 Å². The number of aryl methyl sites for hydroxylation is 1. The Labute approximate surface area is 110 Å². The van der Waals surface area contributed by atoms with Crippen LogP contribution in [0.15, 0.2) is 12.4 Å². The maximum absolute atomic E-state index is 4.26. The highest BCUT2D eigenvalue weighted by atomic mass is 15.3. The van der Waals surface area contributed by atoms with Gasteiger partial charge in [0, 0.05) is 44.0 Å². The zero-order valence-corrected chi connectivity index (χ0v) is 12.1. The molecule has 0 aliphatic carbocycles. The van der Waals surface area contributed by atoms with Crippen LogP contribution in [0.2, 0.25) is 0 Å². The third kappa shape index (κ3) is 3.33. The van der Waals surface area contributed by atoms with Gasteiger partial charge in [0.05, 0.1) is 6.20 Å². The second kappa shape index (κ2) is 5.85. The number of hydrogen-bond acceptors (Lipinski definition) is 3. The first kappa shape index (κ1) is 13.6. The molecule has 1 aromatic rings. The molecular weight excluding hydrogens is 224 g/mol. The lowest BCUT2D eigenvalue weighted by molar-refractivity contribution is 0.184. The maximum Gasteiger partial charge on any atom is 0.0534 e. The summed E-state index contributed by atoms with van der Waals surface area (Å²) in [6.07, 6.45) is 5.33. The van der Waals surface area contributed by atoms with Crippen LogP contribution in [-0.2, 0) is 13.6 Å². The van der Waals surface area contributed by atoms with E-state index in [2.05, 4.69) is 42.3 Å². The molecule has 1 saturated heterocycles. The molecule has 2 heterocycles. The Morgan fingerprint density at radius 1 is 1.50 bits per heavy atom. The molecular formula is C14H26N4. The van der Waals surface area contributed by atoms with Gasteiger partial charge in [-0.15, -0.1) is 0 Å². The van der Waals surface area contributed by atoms with E-state index >= 15 is 0 Å². The van der Waals surface area contributed by atoms with Crippen molar-refractivity contribution in [2.75, 3.05) is 13.1 Å². The highest BCUT2D eigenvalue weighted by Crippen LogP contribution is 2.16. The fourth-order valence-electron chi connectivity index (χ4n) is 2.61. The standard InChI is InChI=1S/C14H26N4/c1-11(2)14-10-18(12(3)5-6-15-14)9-13-7-16-17(4)8-13/h7-8,11-12,14-15H,5-6,9-10H2,1-4H3. The highest BCUT2D eigenvalue weighted by Gasteiger charge is 2.24. The van der Waals surface area contributed by atoms with E-state index < -0.39 is 0 Å². The van der Waals surface area contributed by atoms with Crippen molar-refractivity contribution in [2.45, 2.75) is 45.8 Å². The predicted octanol–water partition coefficient (Wildman–Crippen LogP) is 1.63. The molecule has 4 heteroatoms. The van der Waals surface area contributed by atoms with Gasteiger partial charge in [-0.2, -0.15) is 5.10 Å². The number of nitrogens with zero attached hydrogens (tertiary/aromatic N) is 3. The topological polar surface area (TPSA) is 33.1 Å². The summed E-state index contributed by atoms with van der Waals surface area (Å²) in [6, 6.07) is 1.24. The second-order valence-corrected chi connectivity index (χ2v) is 5.89. The van der Waals surface area contributed by atoms with Gasteiger partial charge < -0.3 is 5.32 Å². The number of aromatic nitrogens is 2. The van der Waals surface area contributed by atoms with Crippen molar-refractivity contribution in [3.05, 3.63) is 18.0 Å². The number of rotatable bonds is 3. The van der Waals surface area contributed by atoms with Crippen LogP contribution in [0.3, 0.4) is 0 Å². The molecule has 1 N–H and O–H groups in total. The first-order chi connectivity index (χ1) is 8.56. The van der Waals surface area contributed by atoms with Crippen LogP contribution in [-0.4, -0.2) is 39.9 Å². The molecule has 2 atom stereocenters. The largest absolute Gasteiger partial charge is 0.312 e. The third-order valence-corrected chi connectivity index (χ3v) is 3.97. The molecule has 18 heavy (non-hydrogen) atoms. The van der Waals surface area contributed by atoms with E-state index in [4.69, 9.17) is 0 Å². The van der Waals surface area contributed by atoms with Crippen LogP contribution in [0.25, 0.3) is 0 Å². The predicted molar refractivity (Wildman–Crippen MR) is 74.3 cm³/mol. The first-order valence-electron chi connectivity index (χ1n) is 7.01. The van der Waals surface area contributed by atoms with Gasteiger partial charge in [0.25, 0.3) is 0 Å². The van der Waals surface area contributed by atoms with E-state index in [1.165, 1.54) is 12.0 Å². The molecule has 1 fully saturated rings. The fraction of sp³-hybridized carbons (Fsp3) is 0.786. The fourth-order valence-corrected chi connectivity index (χ4v) is 2.61. The van der Waals surface area contributed by atoms with E-state index in [0.29, 0.717) is 18.0 Å². The van der Waals surface area contributed by atoms with E-state index in [-0.39, 0.29) is 0 Å². The van der Waals surface area contributed by atoms with E-state index in [1.807, 2.05) is 17.9 Å². The van der Waals surface area contributed by atoms with Gasteiger partial charge in [-0.05, 0) is 25.8 Å². The third-order valence-electron chi connectivity index (χ3n) is 3.97. The first-order valence-corrected chi connectivity index (χ1v) is 7.01. The summed E-state index contributed by atoms with van der Waals surface area (Å²) in [5, 5.41) is 7.93. The number of nitrogens with one attached hydrogen (secondary N) is 1. The van der Waals surface area contributed by atoms with Crippen LogP contribution in [0.1, 0.15) is 32.8 Å². The molecule has 4 nitrogen and oxygen atoms in total. The van der Waals surface area contributed by atoms with Crippen molar-refractivity contribution in [1.29, 1.82) is 0 Å². The Morgan fingerprint density at radius 3 is 2.89 bits per heavy atom. The maximum atomic E-state index is 4.26. The van der Waals surface area contributed by atoms with Crippen molar-refractivity contribution in [3.8, 4) is 0 Å². The average Bonchev–Trinajstić information content (AvgIpc) is 2.62. The van der Waals surface area contributed by atoms with Gasteiger partial charge in [-0.25, -0.2) is 0 Å². The summed E-state index contributed by atoms with van der Waals surface area (Å²) in [5.74, 6) is 0.687. The Hall–Kier alpha value is -0.870. The average molecular weight is 250 g/mol. The summed E-state index contributed by atoms with van der Waals surface area (Å²) in [7, 11) is 1.98. The van der Waals surface area contributed by atoms with Gasteiger partial charge in [-0.1, -0.05) is 13.8 Å². The quantitative estimate of drug-likeness (QED) is 0.885. The molecule has 0 spiro atoms. The van der Waals surface area contributed by atoms with Crippen LogP contribution in [0.4, 0.5) is 0 Å². The highest BCUT2D eigenvalue weighted by molar-refractivity contribution is 5.04. The summed E-state index contributed by atoms with van der Waals surface area (Å²) < 4.78 is 1.88. The molecule has 0 radical (unpaired) electrons. The van der Waals surface area contributed by atoms with E-state index in [9.17, 15) is 0 Å². The van der Waals surface area contributed by atoms with Crippen molar-refractivity contribution >= 4 is 0 Å². The van der Waals surface area contributed by atoms with Gasteiger partial charge in [-0.3, -0.25) is 9.58 Å². The second-order valence-electron chi connectivity index (χ2n) is 5.89. The van der Waals surface area contributed by atoms with Crippen LogP contribution in [0.5, 0.6) is 0 Å². The molecule has 1 aliphatic heterocycles. The van der Waals surface area contributed by atoms with Crippen LogP contribution >= 0.6 is 0 Å². The Bertz CT molecular complexity index is 372. The lowest BCUT2D eigenvalue weighted by Crippen LogP contribution is -2.42. The Kier molecular flexibility index (Phi) is 4.40. The molecule has 2 unspecified atom stereocenters. The summed E-state index contributed by atoms with van der Waals surface area (Å²) in [5.41, 5.74) is 1.31. The summed E-state index contributed by atoms with van der Waals surface area (Å²) in [4.78, 5) is 2.58. The SMILES string of the molecule is CC(C)C1CN(Cc2cnn(C)c2)C(C)CCN1. The minimum atomic E-state index is 0.603. The monoisotopic (exact) mass is 250 g/mol. The van der Waals surface area contributed by atoms with Crippen LogP contribution in [0, 0.1) is 5.92 Å². The summed E-state index contributed by atoms with van der Waals surface area (Å²) in [6.45, 7) is 10.2. The van der Waals surface area contributed by atoms with E-state index in [0.717, 1.165) is 19.6 Å². The summed E-state index contributed by atoms with van der Waals surface area (Å²) >= 11 is 0. The molecule has 1 aliphatic rings. The molecule has 0 bridgehead atoms. The van der Waals surface area contributed by atoms with E-state index in [1.54, 1.807) is 0 Å². The lowest BCUT2D eigenvalue weighted by atomic mass is 10.0.